The molecule has 0 aliphatic rings. The third kappa shape index (κ3) is 3.38. The van der Waals surface area contributed by atoms with E-state index in [9.17, 15) is 0 Å². The first-order valence-electron chi connectivity index (χ1n) is 5.27. The van der Waals surface area contributed by atoms with Crippen LogP contribution in [-0.2, 0) is 5.41 Å². The Morgan fingerprint density at radius 2 is 1.93 bits per heavy atom. The third-order valence-corrected chi connectivity index (χ3v) is 2.80. The molecule has 15 heavy (non-hydrogen) atoms. The molecule has 2 heteroatoms. The molecular formula is C13H18N2. The van der Waals surface area contributed by atoms with Crippen LogP contribution >= 0.6 is 0 Å². The molecule has 0 amide bonds. The van der Waals surface area contributed by atoms with Gasteiger partial charge in [-0.25, -0.2) is 0 Å². The van der Waals surface area contributed by atoms with Crippen LogP contribution in [0.3, 0.4) is 0 Å². The summed E-state index contributed by atoms with van der Waals surface area (Å²) in [4.78, 5) is 0. The molecule has 0 bridgehead atoms. The van der Waals surface area contributed by atoms with Crippen LogP contribution in [0.4, 0.5) is 0 Å². The van der Waals surface area contributed by atoms with Crippen molar-refractivity contribution in [3.05, 3.63) is 35.9 Å². The number of hydrogen-bond donors (Lipinski definition) is 1. The topological polar surface area (TPSA) is 49.8 Å². The van der Waals surface area contributed by atoms with Crippen LogP contribution in [0.15, 0.2) is 30.3 Å². The van der Waals surface area contributed by atoms with Gasteiger partial charge in [-0.1, -0.05) is 44.2 Å². The molecule has 0 aromatic heterocycles. The maximum atomic E-state index is 8.63. The van der Waals surface area contributed by atoms with E-state index in [4.69, 9.17) is 11.0 Å². The molecule has 2 N–H and O–H groups in total. The summed E-state index contributed by atoms with van der Waals surface area (Å²) in [5.41, 5.74) is 6.99. The summed E-state index contributed by atoms with van der Waals surface area (Å²) in [7, 11) is 0. The summed E-state index contributed by atoms with van der Waals surface area (Å²) in [6.45, 7) is 4.37. The van der Waals surface area contributed by atoms with E-state index in [2.05, 4.69) is 32.0 Å². The standard InChI is InChI=1S/C13H18N2/c1-13(2,9-8-12(15)10-14)11-6-4-3-5-7-11/h3-7,12H,8-9,15H2,1-2H3/t12-/m0/s1. The van der Waals surface area contributed by atoms with Crippen LogP contribution in [0.5, 0.6) is 0 Å². The zero-order valence-corrected chi connectivity index (χ0v) is 9.40. The molecule has 0 spiro atoms. The molecule has 0 radical (unpaired) electrons. The lowest BCUT2D eigenvalue weighted by Crippen LogP contribution is -2.24. The van der Waals surface area contributed by atoms with Crippen molar-refractivity contribution < 1.29 is 0 Å². The lowest BCUT2D eigenvalue weighted by Gasteiger charge is -2.25. The van der Waals surface area contributed by atoms with E-state index in [-0.39, 0.29) is 11.5 Å². The van der Waals surface area contributed by atoms with E-state index >= 15 is 0 Å². The van der Waals surface area contributed by atoms with E-state index in [1.807, 2.05) is 18.2 Å². The molecule has 0 aliphatic heterocycles. The number of benzene rings is 1. The van der Waals surface area contributed by atoms with Crippen LogP contribution in [0.25, 0.3) is 0 Å². The average molecular weight is 202 g/mol. The highest BCUT2D eigenvalue weighted by atomic mass is 14.6. The van der Waals surface area contributed by atoms with Gasteiger partial charge in [-0.3, -0.25) is 0 Å². The molecule has 0 heterocycles. The predicted octanol–water partition coefficient (Wildman–Crippen LogP) is 2.60. The summed E-state index contributed by atoms with van der Waals surface area (Å²) in [6, 6.07) is 12.1. The SMILES string of the molecule is CC(C)(CC[C@H](N)C#N)c1ccccc1. The van der Waals surface area contributed by atoms with E-state index in [0.717, 1.165) is 12.8 Å². The first kappa shape index (κ1) is 11.7. The fraction of sp³-hybridized carbons (Fsp3) is 0.462. The summed E-state index contributed by atoms with van der Waals surface area (Å²) in [5.74, 6) is 0. The van der Waals surface area contributed by atoms with Crippen molar-refractivity contribution in [3.8, 4) is 6.07 Å². The van der Waals surface area contributed by atoms with E-state index in [0.29, 0.717) is 0 Å². The van der Waals surface area contributed by atoms with E-state index < -0.39 is 0 Å². The van der Waals surface area contributed by atoms with Crippen molar-refractivity contribution in [3.63, 3.8) is 0 Å². The van der Waals surface area contributed by atoms with Gasteiger partial charge in [-0.05, 0) is 23.8 Å². The van der Waals surface area contributed by atoms with Gasteiger partial charge in [0, 0.05) is 0 Å². The maximum absolute atomic E-state index is 8.63. The average Bonchev–Trinajstić information content (AvgIpc) is 2.27. The number of nitrogens with zero attached hydrogens (tertiary/aromatic N) is 1. The van der Waals surface area contributed by atoms with E-state index in [1.54, 1.807) is 0 Å². The summed E-state index contributed by atoms with van der Waals surface area (Å²) >= 11 is 0. The summed E-state index contributed by atoms with van der Waals surface area (Å²) in [5, 5.41) is 8.63. The molecule has 80 valence electrons. The Labute approximate surface area is 91.7 Å². The molecule has 0 saturated heterocycles. The normalized spacial score (nSPS) is 13.2. The first-order chi connectivity index (χ1) is 7.06. The highest BCUT2D eigenvalue weighted by molar-refractivity contribution is 5.23. The van der Waals surface area contributed by atoms with Gasteiger partial charge in [0.05, 0.1) is 12.1 Å². The molecule has 0 saturated carbocycles. The van der Waals surface area contributed by atoms with Gasteiger partial charge in [0.2, 0.25) is 0 Å². The van der Waals surface area contributed by atoms with Gasteiger partial charge < -0.3 is 5.73 Å². The van der Waals surface area contributed by atoms with Crippen LogP contribution in [0.2, 0.25) is 0 Å². The molecule has 0 fully saturated rings. The van der Waals surface area contributed by atoms with Gasteiger partial charge >= 0.3 is 0 Å². The Morgan fingerprint density at radius 1 is 1.33 bits per heavy atom. The van der Waals surface area contributed by atoms with Crippen LogP contribution < -0.4 is 5.73 Å². The van der Waals surface area contributed by atoms with Crippen LogP contribution in [0.1, 0.15) is 32.3 Å². The Kier molecular flexibility index (Phi) is 3.88. The minimum absolute atomic E-state index is 0.0930. The fourth-order valence-electron chi connectivity index (χ4n) is 1.61. The Morgan fingerprint density at radius 3 is 2.47 bits per heavy atom. The molecule has 2 nitrogen and oxygen atoms in total. The summed E-state index contributed by atoms with van der Waals surface area (Å²) < 4.78 is 0. The maximum Gasteiger partial charge on any atom is 0.0928 e. The zero-order chi connectivity index (χ0) is 11.3. The second-order valence-corrected chi connectivity index (χ2v) is 4.52. The first-order valence-corrected chi connectivity index (χ1v) is 5.27. The monoisotopic (exact) mass is 202 g/mol. The lowest BCUT2D eigenvalue weighted by atomic mass is 9.80. The quantitative estimate of drug-likeness (QED) is 0.815. The molecule has 0 unspecified atom stereocenters. The zero-order valence-electron chi connectivity index (χ0n) is 9.40. The van der Waals surface area contributed by atoms with Crippen LogP contribution in [-0.4, -0.2) is 6.04 Å². The molecule has 1 aromatic rings. The Balaban J connectivity index is 2.64. The van der Waals surface area contributed by atoms with Crippen molar-refractivity contribution in [2.75, 3.05) is 0 Å². The number of nitriles is 1. The highest BCUT2D eigenvalue weighted by Crippen LogP contribution is 2.28. The van der Waals surface area contributed by atoms with Crippen LogP contribution in [0, 0.1) is 11.3 Å². The second kappa shape index (κ2) is 4.95. The minimum Gasteiger partial charge on any atom is -0.316 e. The fourth-order valence-corrected chi connectivity index (χ4v) is 1.61. The lowest BCUT2D eigenvalue weighted by molar-refractivity contribution is 0.450. The van der Waals surface area contributed by atoms with Crippen molar-refractivity contribution in [2.45, 2.75) is 38.1 Å². The third-order valence-electron chi connectivity index (χ3n) is 2.80. The molecule has 1 rings (SSSR count). The Hall–Kier alpha value is -1.33. The van der Waals surface area contributed by atoms with Crippen molar-refractivity contribution in [1.29, 1.82) is 5.26 Å². The van der Waals surface area contributed by atoms with Gasteiger partial charge in [0.15, 0.2) is 0 Å². The van der Waals surface area contributed by atoms with Crippen molar-refractivity contribution >= 4 is 0 Å². The Bertz CT molecular complexity index is 335. The van der Waals surface area contributed by atoms with Gasteiger partial charge in [0.1, 0.15) is 0 Å². The number of hydrogen-bond acceptors (Lipinski definition) is 2. The van der Waals surface area contributed by atoms with E-state index in [1.165, 1.54) is 5.56 Å². The van der Waals surface area contributed by atoms with Crippen molar-refractivity contribution in [2.24, 2.45) is 5.73 Å². The van der Waals surface area contributed by atoms with Gasteiger partial charge in [-0.15, -0.1) is 0 Å². The van der Waals surface area contributed by atoms with Crippen molar-refractivity contribution in [1.82, 2.24) is 0 Å². The number of nitrogens with two attached hydrogens (primary N) is 1. The molecule has 1 atom stereocenters. The summed E-state index contributed by atoms with van der Waals surface area (Å²) in [6.07, 6.45) is 1.68. The molecule has 0 aliphatic carbocycles. The largest absolute Gasteiger partial charge is 0.316 e. The molecular weight excluding hydrogens is 184 g/mol. The molecule has 1 aromatic carbocycles. The van der Waals surface area contributed by atoms with Gasteiger partial charge in [0.25, 0.3) is 0 Å². The minimum atomic E-state index is -0.340. The smallest absolute Gasteiger partial charge is 0.0928 e. The predicted molar refractivity (Wildman–Crippen MR) is 62.3 cm³/mol. The second-order valence-electron chi connectivity index (χ2n) is 4.52. The highest BCUT2D eigenvalue weighted by Gasteiger charge is 2.20. The van der Waals surface area contributed by atoms with Gasteiger partial charge in [-0.2, -0.15) is 5.26 Å². The number of rotatable bonds is 4.